The van der Waals surface area contributed by atoms with E-state index in [1.165, 1.54) is 43.4 Å². The molecule has 1 N–H and O–H groups in total. The van der Waals surface area contributed by atoms with Crippen molar-refractivity contribution in [2.75, 3.05) is 0 Å². The van der Waals surface area contributed by atoms with Crippen molar-refractivity contribution >= 4 is 17.3 Å². The smallest absolute Gasteiger partial charge is 0.316 e. The molecular weight excluding hydrogens is 236 g/mol. The molecule has 1 heterocycles. The Morgan fingerprint density at radius 1 is 1.29 bits per heavy atom. The summed E-state index contributed by atoms with van der Waals surface area (Å²) in [5, 5.41) is 19.1. The van der Waals surface area contributed by atoms with Crippen LogP contribution in [0.2, 0.25) is 0 Å². The Bertz CT molecular complexity index is 408. The number of carboxylic acids is 1. The second-order valence-electron chi connectivity index (χ2n) is 5.21. The van der Waals surface area contributed by atoms with Crippen molar-refractivity contribution in [3.8, 4) is 0 Å². The lowest BCUT2D eigenvalue weighted by molar-refractivity contribution is -0.142. The number of rotatable bonds is 3. The zero-order chi connectivity index (χ0) is 12.5. The standard InChI is InChI=1S/C12H18N2O2S/c1-12(2,11(15)16)10-14-13-9(17-10)8-6-4-3-5-7-8/h8H,3-7H2,1-2H3,(H,15,16). The maximum Gasteiger partial charge on any atom is 0.316 e. The van der Waals surface area contributed by atoms with Crippen LogP contribution in [-0.4, -0.2) is 21.3 Å². The first-order valence-corrected chi connectivity index (χ1v) is 6.90. The van der Waals surface area contributed by atoms with E-state index in [-0.39, 0.29) is 0 Å². The molecule has 0 aliphatic heterocycles. The molecule has 0 unspecified atom stereocenters. The van der Waals surface area contributed by atoms with Crippen molar-refractivity contribution < 1.29 is 9.90 Å². The SMILES string of the molecule is CC(C)(C(=O)O)c1nnc(C2CCCCC2)s1. The Labute approximate surface area is 105 Å². The quantitative estimate of drug-likeness (QED) is 0.900. The second-order valence-corrected chi connectivity index (χ2v) is 6.22. The predicted molar refractivity (Wildman–Crippen MR) is 66.4 cm³/mol. The van der Waals surface area contributed by atoms with E-state index in [0.29, 0.717) is 10.9 Å². The van der Waals surface area contributed by atoms with Gasteiger partial charge >= 0.3 is 5.97 Å². The number of aromatic nitrogens is 2. The monoisotopic (exact) mass is 254 g/mol. The molecule has 1 aromatic rings. The molecule has 4 nitrogen and oxygen atoms in total. The lowest BCUT2D eigenvalue weighted by atomic mass is 9.90. The van der Waals surface area contributed by atoms with Gasteiger partial charge in [-0.2, -0.15) is 0 Å². The fraction of sp³-hybridized carbons (Fsp3) is 0.750. The molecule has 1 saturated carbocycles. The van der Waals surface area contributed by atoms with Gasteiger partial charge in [0.1, 0.15) is 15.4 Å². The summed E-state index contributed by atoms with van der Waals surface area (Å²) in [6, 6.07) is 0. The summed E-state index contributed by atoms with van der Waals surface area (Å²) in [4.78, 5) is 11.1. The van der Waals surface area contributed by atoms with Gasteiger partial charge in [-0.25, -0.2) is 0 Å². The van der Waals surface area contributed by atoms with E-state index in [4.69, 9.17) is 5.11 Å². The summed E-state index contributed by atoms with van der Waals surface area (Å²) in [6.45, 7) is 3.36. The fourth-order valence-corrected chi connectivity index (χ4v) is 3.20. The molecule has 2 rings (SSSR count). The van der Waals surface area contributed by atoms with E-state index in [1.807, 2.05) is 0 Å². The highest BCUT2D eigenvalue weighted by Gasteiger charge is 2.34. The molecule has 17 heavy (non-hydrogen) atoms. The number of carboxylic acid groups (broad SMARTS) is 1. The molecule has 0 aromatic carbocycles. The van der Waals surface area contributed by atoms with Crippen LogP contribution in [0.15, 0.2) is 0 Å². The largest absolute Gasteiger partial charge is 0.481 e. The molecular formula is C12H18N2O2S. The molecule has 0 spiro atoms. The first-order chi connectivity index (χ1) is 8.01. The molecule has 0 bridgehead atoms. The maximum atomic E-state index is 11.1. The van der Waals surface area contributed by atoms with Crippen LogP contribution in [0.3, 0.4) is 0 Å². The van der Waals surface area contributed by atoms with Gasteiger partial charge in [0.15, 0.2) is 0 Å². The predicted octanol–water partition coefficient (Wildman–Crippen LogP) is 2.95. The van der Waals surface area contributed by atoms with Gasteiger partial charge in [-0.15, -0.1) is 21.5 Å². The Kier molecular flexibility index (Phi) is 3.47. The van der Waals surface area contributed by atoms with Crippen LogP contribution in [0.1, 0.15) is 61.9 Å². The number of carbonyl (C=O) groups is 1. The highest BCUT2D eigenvalue weighted by atomic mass is 32.1. The second kappa shape index (κ2) is 4.72. The molecule has 0 radical (unpaired) electrons. The Morgan fingerprint density at radius 3 is 2.53 bits per heavy atom. The first-order valence-electron chi connectivity index (χ1n) is 6.09. The summed E-state index contributed by atoms with van der Waals surface area (Å²) in [5.41, 5.74) is -0.926. The minimum absolute atomic E-state index is 0.500. The fourth-order valence-electron chi connectivity index (χ4n) is 2.09. The van der Waals surface area contributed by atoms with Crippen molar-refractivity contribution in [1.29, 1.82) is 0 Å². The third-order valence-corrected chi connectivity index (χ3v) is 4.87. The van der Waals surface area contributed by atoms with Gasteiger partial charge in [0, 0.05) is 5.92 Å². The Balaban J connectivity index is 2.17. The van der Waals surface area contributed by atoms with Crippen LogP contribution in [0.25, 0.3) is 0 Å². The first kappa shape index (κ1) is 12.5. The van der Waals surface area contributed by atoms with Crippen molar-refractivity contribution in [2.45, 2.75) is 57.3 Å². The van der Waals surface area contributed by atoms with Crippen LogP contribution in [0.4, 0.5) is 0 Å². The number of hydrogen-bond acceptors (Lipinski definition) is 4. The van der Waals surface area contributed by atoms with Crippen molar-refractivity contribution in [1.82, 2.24) is 10.2 Å². The van der Waals surface area contributed by atoms with Crippen LogP contribution in [0.5, 0.6) is 0 Å². The number of hydrogen-bond donors (Lipinski definition) is 1. The molecule has 0 amide bonds. The topological polar surface area (TPSA) is 63.1 Å². The van der Waals surface area contributed by atoms with Crippen LogP contribution < -0.4 is 0 Å². The number of nitrogens with zero attached hydrogens (tertiary/aromatic N) is 2. The van der Waals surface area contributed by atoms with Gasteiger partial charge in [0.25, 0.3) is 0 Å². The molecule has 0 atom stereocenters. The van der Waals surface area contributed by atoms with Gasteiger partial charge in [-0.05, 0) is 26.7 Å². The normalized spacial score (nSPS) is 18.2. The van der Waals surface area contributed by atoms with Crippen molar-refractivity contribution in [2.24, 2.45) is 0 Å². The zero-order valence-corrected chi connectivity index (χ0v) is 11.1. The van der Waals surface area contributed by atoms with E-state index >= 15 is 0 Å². The average Bonchev–Trinajstić information content (AvgIpc) is 2.80. The third-order valence-electron chi connectivity index (χ3n) is 3.46. The summed E-state index contributed by atoms with van der Waals surface area (Å²) < 4.78 is 0. The van der Waals surface area contributed by atoms with E-state index in [9.17, 15) is 4.79 Å². The molecule has 1 aromatic heterocycles. The molecule has 0 saturated heterocycles. The lowest BCUT2D eigenvalue weighted by Gasteiger charge is -2.18. The summed E-state index contributed by atoms with van der Waals surface area (Å²) in [5.74, 6) is -0.344. The molecule has 1 fully saturated rings. The summed E-state index contributed by atoms with van der Waals surface area (Å²) in [6.07, 6.45) is 6.15. The van der Waals surface area contributed by atoms with E-state index in [2.05, 4.69) is 10.2 Å². The molecule has 94 valence electrons. The van der Waals surface area contributed by atoms with Crippen LogP contribution >= 0.6 is 11.3 Å². The minimum Gasteiger partial charge on any atom is -0.481 e. The van der Waals surface area contributed by atoms with Crippen LogP contribution in [-0.2, 0) is 10.2 Å². The summed E-state index contributed by atoms with van der Waals surface area (Å²) >= 11 is 1.47. The molecule has 1 aliphatic carbocycles. The third kappa shape index (κ3) is 2.49. The van der Waals surface area contributed by atoms with Gasteiger partial charge < -0.3 is 5.11 Å². The lowest BCUT2D eigenvalue weighted by Crippen LogP contribution is -2.28. The van der Waals surface area contributed by atoms with Gasteiger partial charge in [-0.3, -0.25) is 4.79 Å². The minimum atomic E-state index is -0.926. The zero-order valence-electron chi connectivity index (χ0n) is 10.3. The van der Waals surface area contributed by atoms with Crippen LogP contribution in [0, 0.1) is 0 Å². The molecule has 1 aliphatic rings. The number of aliphatic carboxylic acids is 1. The maximum absolute atomic E-state index is 11.1. The van der Waals surface area contributed by atoms with Gasteiger partial charge in [0.2, 0.25) is 0 Å². The Morgan fingerprint density at radius 2 is 1.94 bits per heavy atom. The van der Waals surface area contributed by atoms with Gasteiger partial charge in [0.05, 0.1) is 0 Å². The van der Waals surface area contributed by atoms with E-state index in [0.717, 1.165) is 5.01 Å². The average molecular weight is 254 g/mol. The Hall–Kier alpha value is -0.970. The highest BCUT2D eigenvalue weighted by Crippen LogP contribution is 2.36. The summed E-state index contributed by atoms with van der Waals surface area (Å²) in [7, 11) is 0. The van der Waals surface area contributed by atoms with E-state index in [1.54, 1.807) is 13.8 Å². The van der Waals surface area contributed by atoms with Gasteiger partial charge in [-0.1, -0.05) is 19.3 Å². The van der Waals surface area contributed by atoms with Crippen molar-refractivity contribution in [3.63, 3.8) is 0 Å². The van der Waals surface area contributed by atoms with E-state index < -0.39 is 11.4 Å². The molecule has 5 heteroatoms. The highest BCUT2D eigenvalue weighted by molar-refractivity contribution is 7.11. The van der Waals surface area contributed by atoms with Crippen molar-refractivity contribution in [3.05, 3.63) is 10.0 Å².